The molecule has 2 fully saturated rings. The number of imidazole rings is 1. The Morgan fingerprint density at radius 1 is 1.28 bits per heavy atom. The molecule has 1 aromatic heterocycles. The molecule has 0 radical (unpaired) electrons. The summed E-state index contributed by atoms with van der Waals surface area (Å²) in [4.78, 5) is 23.6. The Morgan fingerprint density at radius 3 is 2.68 bits per heavy atom. The van der Waals surface area contributed by atoms with Gasteiger partial charge in [0.25, 0.3) is 0 Å². The molecule has 0 bridgehead atoms. The number of hydrogen-bond donors (Lipinski definition) is 0. The summed E-state index contributed by atoms with van der Waals surface area (Å²) < 4.78 is 7.58. The van der Waals surface area contributed by atoms with Gasteiger partial charge in [0.05, 0.1) is 17.9 Å². The SMILES string of the molecule is CN(C)C(=O)C1CN(Cc2cncn2C)CCN(C2CCOCC2)C1. The van der Waals surface area contributed by atoms with E-state index in [4.69, 9.17) is 4.74 Å². The van der Waals surface area contributed by atoms with Gasteiger partial charge in [0.2, 0.25) is 5.91 Å². The summed E-state index contributed by atoms with van der Waals surface area (Å²) in [5.74, 6) is 0.252. The number of aryl methyl sites for hydroxylation is 1. The standard InChI is InChI=1S/C18H31N5O2/c1-20(2)18(24)15-11-22(13-17-10-19-14-21(17)3)6-7-23(12-15)16-4-8-25-9-5-16/h10,14-16H,4-9,11-13H2,1-3H3. The van der Waals surface area contributed by atoms with Gasteiger partial charge in [-0.15, -0.1) is 0 Å². The zero-order chi connectivity index (χ0) is 17.8. The minimum Gasteiger partial charge on any atom is -0.381 e. The lowest BCUT2D eigenvalue weighted by molar-refractivity contribution is -0.134. The number of hydrogen-bond acceptors (Lipinski definition) is 5. The molecule has 2 saturated heterocycles. The van der Waals surface area contributed by atoms with Gasteiger partial charge in [-0.25, -0.2) is 4.98 Å². The fourth-order valence-corrected chi connectivity index (χ4v) is 3.92. The molecule has 3 rings (SSSR count). The Kier molecular flexibility index (Phi) is 6.09. The Morgan fingerprint density at radius 2 is 2.04 bits per heavy atom. The lowest BCUT2D eigenvalue weighted by atomic mass is 10.0. The second-order valence-electron chi connectivity index (χ2n) is 7.50. The van der Waals surface area contributed by atoms with Gasteiger partial charge in [-0.3, -0.25) is 14.6 Å². The first kappa shape index (κ1) is 18.4. The molecule has 0 N–H and O–H groups in total. The first-order valence-corrected chi connectivity index (χ1v) is 9.25. The first-order valence-electron chi connectivity index (χ1n) is 9.25. The highest BCUT2D eigenvalue weighted by Crippen LogP contribution is 2.21. The molecule has 3 heterocycles. The van der Waals surface area contributed by atoms with E-state index in [0.717, 1.165) is 58.8 Å². The van der Waals surface area contributed by atoms with Crippen molar-refractivity contribution in [1.82, 2.24) is 24.3 Å². The highest BCUT2D eigenvalue weighted by Gasteiger charge is 2.32. The number of aromatic nitrogens is 2. The molecule has 0 saturated carbocycles. The molecule has 1 atom stereocenters. The highest BCUT2D eigenvalue weighted by molar-refractivity contribution is 5.78. The maximum absolute atomic E-state index is 12.7. The molecule has 25 heavy (non-hydrogen) atoms. The first-order chi connectivity index (χ1) is 12.0. The predicted octanol–water partition coefficient (Wildman–Crippen LogP) is 0.421. The van der Waals surface area contributed by atoms with Gasteiger partial charge in [0, 0.05) is 79.3 Å². The summed E-state index contributed by atoms with van der Waals surface area (Å²) in [5.41, 5.74) is 1.19. The Labute approximate surface area is 150 Å². The molecule has 1 unspecified atom stereocenters. The minimum absolute atomic E-state index is 0.0218. The van der Waals surface area contributed by atoms with Gasteiger partial charge in [-0.2, -0.15) is 0 Å². The summed E-state index contributed by atoms with van der Waals surface area (Å²) in [5, 5.41) is 0. The molecule has 0 aliphatic carbocycles. The van der Waals surface area contributed by atoms with Crippen molar-refractivity contribution < 1.29 is 9.53 Å². The predicted molar refractivity (Wildman–Crippen MR) is 96.1 cm³/mol. The average Bonchev–Trinajstić information content (AvgIpc) is 2.90. The van der Waals surface area contributed by atoms with Crippen molar-refractivity contribution in [2.24, 2.45) is 13.0 Å². The van der Waals surface area contributed by atoms with E-state index in [1.165, 1.54) is 5.69 Å². The smallest absolute Gasteiger partial charge is 0.227 e. The van der Waals surface area contributed by atoms with Crippen LogP contribution in [0.15, 0.2) is 12.5 Å². The van der Waals surface area contributed by atoms with Crippen LogP contribution in [-0.2, 0) is 23.1 Å². The van der Waals surface area contributed by atoms with E-state index < -0.39 is 0 Å². The number of ether oxygens (including phenoxy) is 1. The maximum atomic E-state index is 12.7. The van der Waals surface area contributed by atoms with E-state index >= 15 is 0 Å². The molecular weight excluding hydrogens is 318 g/mol. The fourth-order valence-electron chi connectivity index (χ4n) is 3.92. The van der Waals surface area contributed by atoms with Crippen LogP contribution in [0.3, 0.4) is 0 Å². The molecule has 140 valence electrons. The van der Waals surface area contributed by atoms with Gasteiger partial charge in [-0.1, -0.05) is 0 Å². The van der Waals surface area contributed by atoms with E-state index in [1.807, 2.05) is 33.7 Å². The van der Waals surface area contributed by atoms with Crippen molar-refractivity contribution in [3.8, 4) is 0 Å². The lowest BCUT2D eigenvalue weighted by Crippen LogP contribution is -2.45. The summed E-state index contributed by atoms with van der Waals surface area (Å²) in [6.45, 7) is 6.18. The summed E-state index contributed by atoms with van der Waals surface area (Å²) in [6.07, 6.45) is 5.91. The van der Waals surface area contributed by atoms with E-state index in [2.05, 4.69) is 19.4 Å². The van der Waals surface area contributed by atoms with Crippen molar-refractivity contribution in [2.45, 2.75) is 25.4 Å². The zero-order valence-corrected chi connectivity index (χ0v) is 15.7. The third-order valence-corrected chi connectivity index (χ3v) is 5.44. The summed E-state index contributed by atoms with van der Waals surface area (Å²) in [7, 11) is 5.74. The zero-order valence-electron chi connectivity index (χ0n) is 15.7. The Balaban J connectivity index is 1.72. The van der Waals surface area contributed by atoms with Crippen LogP contribution >= 0.6 is 0 Å². The molecule has 2 aliphatic rings. The monoisotopic (exact) mass is 349 g/mol. The summed E-state index contributed by atoms with van der Waals surface area (Å²) in [6, 6.07) is 0.544. The molecule has 0 aromatic carbocycles. The van der Waals surface area contributed by atoms with Crippen LogP contribution < -0.4 is 0 Å². The van der Waals surface area contributed by atoms with Gasteiger partial charge >= 0.3 is 0 Å². The van der Waals surface area contributed by atoms with Crippen molar-refractivity contribution in [2.75, 3.05) is 53.5 Å². The van der Waals surface area contributed by atoms with Crippen molar-refractivity contribution >= 4 is 5.91 Å². The number of amides is 1. The molecule has 7 heteroatoms. The van der Waals surface area contributed by atoms with Crippen LogP contribution in [0, 0.1) is 5.92 Å². The van der Waals surface area contributed by atoms with Gasteiger partial charge in [0.1, 0.15) is 0 Å². The molecular formula is C18H31N5O2. The fraction of sp³-hybridized carbons (Fsp3) is 0.778. The summed E-state index contributed by atoms with van der Waals surface area (Å²) >= 11 is 0. The molecule has 0 spiro atoms. The quantitative estimate of drug-likeness (QED) is 0.789. The van der Waals surface area contributed by atoms with Crippen LogP contribution in [0.25, 0.3) is 0 Å². The molecule has 1 aromatic rings. The number of rotatable bonds is 4. The van der Waals surface area contributed by atoms with Crippen LogP contribution in [0.2, 0.25) is 0 Å². The highest BCUT2D eigenvalue weighted by atomic mass is 16.5. The maximum Gasteiger partial charge on any atom is 0.227 e. The van der Waals surface area contributed by atoms with Crippen LogP contribution in [0.4, 0.5) is 0 Å². The lowest BCUT2D eigenvalue weighted by Gasteiger charge is -2.34. The molecule has 1 amide bonds. The van der Waals surface area contributed by atoms with E-state index in [1.54, 1.807) is 4.90 Å². The minimum atomic E-state index is 0.0218. The van der Waals surface area contributed by atoms with Crippen molar-refractivity contribution in [3.05, 3.63) is 18.2 Å². The second kappa shape index (κ2) is 8.29. The van der Waals surface area contributed by atoms with Gasteiger partial charge < -0.3 is 14.2 Å². The third kappa shape index (κ3) is 4.59. The largest absolute Gasteiger partial charge is 0.381 e. The second-order valence-corrected chi connectivity index (χ2v) is 7.50. The molecule has 2 aliphatic heterocycles. The Bertz CT molecular complexity index is 568. The third-order valence-electron chi connectivity index (χ3n) is 5.44. The van der Waals surface area contributed by atoms with Crippen LogP contribution in [0.5, 0.6) is 0 Å². The van der Waals surface area contributed by atoms with E-state index in [-0.39, 0.29) is 11.8 Å². The van der Waals surface area contributed by atoms with Gasteiger partial charge in [0.15, 0.2) is 0 Å². The van der Waals surface area contributed by atoms with Crippen molar-refractivity contribution in [1.29, 1.82) is 0 Å². The van der Waals surface area contributed by atoms with E-state index in [9.17, 15) is 4.79 Å². The number of nitrogens with zero attached hydrogens (tertiary/aromatic N) is 5. The number of carbonyl (C=O) groups is 1. The molecule has 7 nitrogen and oxygen atoms in total. The Hall–Kier alpha value is -1.44. The number of carbonyl (C=O) groups excluding carboxylic acids is 1. The topological polar surface area (TPSA) is 53.8 Å². The van der Waals surface area contributed by atoms with Crippen LogP contribution in [-0.4, -0.2) is 89.7 Å². The van der Waals surface area contributed by atoms with Crippen molar-refractivity contribution in [3.63, 3.8) is 0 Å². The van der Waals surface area contributed by atoms with Crippen LogP contribution in [0.1, 0.15) is 18.5 Å². The normalized spacial score (nSPS) is 24.2. The van der Waals surface area contributed by atoms with Gasteiger partial charge in [-0.05, 0) is 12.8 Å². The van der Waals surface area contributed by atoms with E-state index in [0.29, 0.717) is 6.04 Å². The average molecular weight is 349 g/mol.